The van der Waals surface area contributed by atoms with Gasteiger partial charge in [-0.1, -0.05) is 23.7 Å². The van der Waals surface area contributed by atoms with Gasteiger partial charge >= 0.3 is 0 Å². The van der Waals surface area contributed by atoms with E-state index < -0.39 is 0 Å². The molecular formula is C14H16ClN3. The van der Waals surface area contributed by atoms with E-state index in [1.54, 1.807) is 6.20 Å². The first kappa shape index (κ1) is 13.0. The third-order valence-electron chi connectivity index (χ3n) is 2.91. The Labute approximate surface area is 112 Å². The zero-order valence-corrected chi connectivity index (χ0v) is 11.5. The molecule has 94 valence electrons. The largest absolute Gasteiger partial charge is 0.308 e. The lowest BCUT2D eigenvalue weighted by Gasteiger charge is -2.17. The van der Waals surface area contributed by atoms with Crippen molar-refractivity contribution in [2.24, 2.45) is 0 Å². The Hall–Kier alpha value is -1.45. The number of nitrogens with one attached hydrogen (secondary N) is 1. The van der Waals surface area contributed by atoms with Crippen LogP contribution < -0.4 is 5.32 Å². The van der Waals surface area contributed by atoms with Crippen molar-refractivity contribution in [3.8, 4) is 0 Å². The van der Waals surface area contributed by atoms with Gasteiger partial charge in [0.1, 0.15) is 5.82 Å². The van der Waals surface area contributed by atoms with Crippen molar-refractivity contribution in [1.29, 1.82) is 0 Å². The molecule has 0 aliphatic heterocycles. The van der Waals surface area contributed by atoms with Crippen LogP contribution in [0.3, 0.4) is 0 Å². The van der Waals surface area contributed by atoms with Crippen LogP contribution in [-0.4, -0.2) is 17.0 Å². The molecule has 4 heteroatoms. The Morgan fingerprint density at radius 3 is 2.61 bits per heavy atom. The van der Waals surface area contributed by atoms with Crippen molar-refractivity contribution in [2.45, 2.75) is 19.9 Å². The molecule has 1 aromatic heterocycles. The molecule has 0 fully saturated rings. The van der Waals surface area contributed by atoms with Gasteiger partial charge in [-0.25, -0.2) is 9.97 Å². The van der Waals surface area contributed by atoms with Crippen LogP contribution in [0.1, 0.15) is 28.7 Å². The molecule has 0 amide bonds. The van der Waals surface area contributed by atoms with Crippen molar-refractivity contribution in [3.63, 3.8) is 0 Å². The van der Waals surface area contributed by atoms with Crippen molar-refractivity contribution < 1.29 is 0 Å². The molecule has 0 aliphatic rings. The van der Waals surface area contributed by atoms with Crippen molar-refractivity contribution >= 4 is 11.6 Å². The second-order valence-corrected chi connectivity index (χ2v) is 4.67. The van der Waals surface area contributed by atoms with E-state index in [1.807, 2.05) is 39.1 Å². The van der Waals surface area contributed by atoms with E-state index in [9.17, 15) is 0 Å². The summed E-state index contributed by atoms with van der Waals surface area (Å²) in [7, 11) is 1.91. The lowest BCUT2D eigenvalue weighted by molar-refractivity contribution is 0.664. The number of halogens is 1. The maximum atomic E-state index is 6.17. The number of hydrogen-bond donors (Lipinski definition) is 1. The fourth-order valence-corrected chi connectivity index (χ4v) is 2.10. The Morgan fingerprint density at radius 2 is 2.00 bits per heavy atom. The molecule has 0 saturated carbocycles. The van der Waals surface area contributed by atoms with Crippen LogP contribution in [0.25, 0.3) is 0 Å². The summed E-state index contributed by atoms with van der Waals surface area (Å²) in [4.78, 5) is 8.57. The summed E-state index contributed by atoms with van der Waals surface area (Å²) in [6.07, 6.45) is 1.78. The molecule has 0 aliphatic carbocycles. The molecule has 1 atom stereocenters. The van der Waals surface area contributed by atoms with E-state index in [0.717, 1.165) is 27.7 Å². The molecule has 1 unspecified atom stereocenters. The van der Waals surface area contributed by atoms with Gasteiger partial charge in [-0.05, 0) is 44.2 Å². The van der Waals surface area contributed by atoms with Gasteiger partial charge in [0.25, 0.3) is 0 Å². The van der Waals surface area contributed by atoms with E-state index in [0.29, 0.717) is 0 Å². The number of hydrogen-bond acceptors (Lipinski definition) is 3. The third kappa shape index (κ3) is 2.68. The van der Waals surface area contributed by atoms with Gasteiger partial charge < -0.3 is 5.32 Å². The first-order valence-corrected chi connectivity index (χ1v) is 6.22. The van der Waals surface area contributed by atoms with E-state index in [2.05, 4.69) is 21.4 Å². The molecule has 18 heavy (non-hydrogen) atoms. The predicted octanol–water partition coefficient (Wildman–Crippen LogP) is 3.06. The van der Waals surface area contributed by atoms with Gasteiger partial charge in [0.05, 0.1) is 11.7 Å². The smallest absolute Gasteiger partial charge is 0.125 e. The molecule has 1 aromatic carbocycles. The summed E-state index contributed by atoms with van der Waals surface area (Å²) < 4.78 is 0. The minimum absolute atomic E-state index is 0.0322. The molecule has 2 aromatic rings. The second-order valence-electron chi connectivity index (χ2n) is 4.26. The van der Waals surface area contributed by atoms with Crippen LogP contribution in [0, 0.1) is 13.8 Å². The lowest BCUT2D eigenvalue weighted by Crippen LogP contribution is -2.19. The number of nitrogens with zero attached hydrogens (tertiary/aromatic N) is 2. The summed E-state index contributed by atoms with van der Waals surface area (Å²) >= 11 is 6.17. The van der Waals surface area contributed by atoms with Gasteiger partial charge in [-0.15, -0.1) is 0 Å². The zero-order valence-electron chi connectivity index (χ0n) is 10.7. The third-order valence-corrected chi connectivity index (χ3v) is 3.32. The Balaban J connectivity index is 2.42. The summed E-state index contributed by atoms with van der Waals surface area (Å²) in [5.74, 6) is 0.769. The number of benzene rings is 1. The van der Waals surface area contributed by atoms with Gasteiger partial charge in [-0.2, -0.15) is 0 Å². The molecule has 0 radical (unpaired) electrons. The quantitative estimate of drug-likeness (QED) is 0.923. The first-order chi connectivity index (χ1) is 8.61. The van der Waals surface area contributed by atoms with E-state index in [1.165, 1.54) is 0 Å². The molecule has 1 heterocycles. The lowest BCUT2D eigenvalue weighted by atomic mass is 10.0. The predicted molar refractivity (Wildman–Crippen MR) is 73.9 cm³/mol. The highest BCUT2D eigenvalue weighted by Gasteiger charge is 2.14. The second kappa shape index (κ2) is 5.46. The monoisotopic (exact) mass is 261 g/mol. The minimum atomic E-state index is 0.0322. The molecule has 0 spiro atoms. The molecule has 3 nitrogen and oxygen atoms in total. The van der Waals surface area contributed by atoms with Gasteiger partial charge in [0.2, 0.25) is 0 Å². The average molecular weight is 262 g/mol. The van der Waals surface area contributed by atoms with Crippen LogP contribution in [0.15, 0.2) is 30.5 Å². The molecule has 0 bridgehead atoms. The van der Waals surface area contributed by atoms with E-state index in [-0.39, 0.29) is 6.04 Å². The Kier molecular flexibility index (Phi) is 3.94. The van der Waals surface area contributed by atoms with Crippen LogP contribution >= 0.6 is 11.6 Å². The standard InChI is InChI=1S/C14H16ClN3/c1-9-4-5-11(8-12(9)15)14(16-3)13-6-7-17-10(2)18-13/h4-8,14,16H,1-3H3. The van der Waals surface area contributed by atoms with Crippen LogP contribution in [-0.2, 0) is 0 Å². The first-order valence-electron chi connectivity index (χ1n) is 5.84. The van der Waals surface area contributed by atoms with Crippen LogP contribution in [0.2, 0.25) is 5.02 Å². The maximum Gasteiger partial charge on any atom is 0.125 e. The number of aryl methyl sites for hydroxylation is 2. The molecular weight excluding hydrogens is 246 g/mol. The normalized spacial score (nSPS) is 12.4. The fraction of sp³-hybridized carbons (Fsp3) is 0.286. The maximum absolute atomic E-state index is 6.17. The zero-order chi connectivity index (χ0) is 13.1. The van der Waals surface area contributed by atoms with Crippen molar-refractivity contribution in [2.75, 3.05) is 7.05 Å². The molecule has 0 saturated heterocycles. The highest BCUT2D eigenvalue weighted by Crippen LogP contribution is 2.24. The van der Waals surface area contributed by atoms with E-state index in [4.69, 9.17) is 11.6 Å². The average Bonchev–Trinajstić information content (AvgIpc) is 2.35. The highest BCUT2D eigenvalue weighted by molar-refractivity contribution is 6.31. The topological polar surface area (TPSA) is 37.8 Å². The van der Waals surface area contributed by atoms with Gasteiger partial charge in [0.15, 0.2) is 0 Å². The Bertz CT molecular complexity index is 554. The SMILES string of the molecule is CNC(c1ccc(C)c(Cl)c1)c1ccnc(C)n1. The van der Waals surface area contributed by atoms with Crippen molar-refractivity contribution in [1.82, 2.24) is 15.3 Å². The Morgan fingerprint density at radius 1 is 1.22 bits per heavy atom. The van der Waals surface area contributed by atoms with E-state index >= 15 is 0 Å². The number of aromatic nitrogens is 2. The van der Waals surface area contributed by atoms with Gasteiger partial charge in [-0.3, -0.25) is 0 Å². The molecule has 1 N–H and O–H groups in total. The minimum Gasteiger partial charge on any atom is -0.308 e. The highest BCUT2D eigenvalue weighted by atomic mass is 35.5. The van der Waals surface area contributed by atoms with Crippen LogP contribution in [0.4, 0.5) is 0 Å². The summed E-state index contributed by atoms with van der Waals surface area (Å²) in [5.41, 5.74) is 3.13. The summed E-state index contributed by atoms with van der Waals surface area (Å²) in [5, 5.41) is 4.04. The van der Waals surface area contributed by atoms with Crippen molar-refractivity contribution in [3.05, 3.63) is 58.1 Å². The fourth-order valence-electron chi connectivity index (χ4n) is 1.91. The molecule has 2 rings (SSSR count). The summed E-state index contributed by atoms with van der Waals surface area (Å²) in [6.45, 7) is 3.88. The van der Waals surface area contributed by atoms with Gasteiger partial charge in [0, 0.05) is 11.2 Å². The summed E-state index contributed by atoms with van der Waals surface area (Å²) in [6, 6.07) is 8.03. The van der Waals surface area contributed by atoms with Crippen LogP contribution in [0.5, 0.6) is 0 Å². The number of rotatable bonds is 3.